The molecule has 0 aromatic carbocycles. The number of pyridine rings is 1. The lowest BCUT2D eigenvalue weighted by atomic mass is 10.1. The minimum atomic E-state index is -0.303. The van der Waals surface area contributed by atoms with Crippen LogP contribution in [0.15, 0.2) is 24.4 Å². The monoisotopic (exact) mass is 290 g/mol. The smallest absolute Gasteiger partial charge is 0.141 e. The molecule has 2 rings (SSSR count). The second-order valence-electron chi connectivity index (χ2n) is 5.20. The van der Waals surface area contributed by atoms with E-state index in [9.17, 15) is 4.39 Å². The summed E-state index contributed by atoms with van der Waals surface area (Å²) in [5, 5.41) is 7.97. The van der Waals surface area contributed by atoms with Crippen LogP contribution >= 0.6 is 0 Å². The van der Waals surface area contributed by atoms with Crippen molar-refractivity contribution in [1.82, 2.24) is 20.1 Å². The van der Waals surface area contributed by atoms with Crippen LogP contribution in [0.4, 0.5) is 4.39 Å². The van der Waals surface area contributed by atoms with Gasteiger partial charge < -0.3 is 5.32 Å². The van der Waals surface area contributed by atoms with Gasteiger partial charge in [0.15, 0.2) is 0 Å². The van der Waals surface area contributed by atoms with Crippen LogP contribution in [0, 0.1) is 12.7 Å². The molecule has 114 valence electrons. The van der Waals surface area contributed by atoms with Crippen molar-refractivity contribution in [1.29, 1.82) is 0 Å². The second kappa shape index (κ2) is 7.31. The minimum Gasteiger partial charge on any atom is -0.308 e. The van der Waals surface area contributed by atoms with Gasteiger partial charge in [0.25, 0.3) is 0 Å². The van der Waals surface area contributed by atoms with Crippen LogP contribution < -0.4 is 5.32 Å². The minimum absolute atomic E-state index is 0.0759. The average Bonchev–Trinajstić information content (AvgIpc) is 2.84. The van der Waals surface area contributed by atoms with E-state index in [4.69, 9.17) is 0 Å². The maximum absolute atomic E-state index is 13.1. The van der Waals surface area contributed by atoms with Crippen LogP contribution in [0.1, 0.15) is 43.4 Å². The van der Waals surface area contributed by atoms with E-state index < -0.39 is 0 Å². The summed E-state index contributed by atoms with van der Waals surface area (Å²) < 4.78 is 15.1. The molecule has 2 heterocycles. The summed E-state index contributed by atoms with van der Waals surface area (Å²) in [6.45, 7) is 7.97. The summed E-state index contributed by atoms with van der Waals surface area (Å²) in [6.07, 6.45) is 3.12. The molecule has 5 heteroatoms. The molecule has 1 N–H and O–H groups in total. The largest absolute Gasteiger partial charge is 0.308 e. The Hall–Kier alpha value is -1.75. The molecule has 0 spiro atoms. The number of nitrogens with one attached hydrogen (secondary N) is 1. The first kappa shape index (κ1) is 15.6. The van der Waals surface area contributed by atoms with Crippen molar-refractivity contribution in [2.24, 2.45) is 0 Å². The van der Waals surface area contributed by atoms with Gasteiger partial charge in [0.1, 0.15) is 5.82 Å². The molecule has 0 saturated carbocycles. The number of nitrogens with zero attached hydrogens (tertiary/aromatic N) is 3. The molecule has 21 heavy (non-hydrogen) atoms. The molecular weight excluding hydrogens is 267 g/mol. The van der Waals surface area contributed by atoms with Gasteiger partial charge in [0, 0.05) is 18.7 Å². The van der Waals surface area contributed by atoms with E-state index in [-0.39, 0.29) is 11.9 Å². The Morgan fingerprint density at radius 1 is 1.33 bits per heavy atom. The summed E-state index contributed by atoms with van der Waals surface area (Å²) in [4.78, 5) is 4.22. The fourth-order valence-corrected chi connectivity index (χ4v) is 2.44. The summed E-state index contributed by atoms with van der Waals surface area (Å²) in [5.74, 6) is -0.303. The number of aryl methyl sites for hydroxylation is 2. The third-order valence-electron chi connectivity index (χ3n) is 3.45. The molecule has 0 amide bonds. The number of aromatic nitrogens is 3. The van der Waals surface area contributed by atoms with Gasteiger partial charge in [-0.1, -0.05) is 6.92 Å². The van der Waals surface area contributed by atoms with Crippen molar-refractivity contribution < 1.29 is 4.39 Å². The molecule has 4 nitrogen and oxygen atoms in total. The molecule has 0 bridgehead atoms. The zero-order chi connectivity index (χ0) is 15.2. The molecular formula is C16H23FN4. The lowest BCUT2D eigenvalue weighted by Crippen LogP contribution is -2.26. The number of rotatable bonds is 7. The quantitative estimate of drug-likeness (QED) is 0.852. The summed E-state index contributed by atoms with van der Waals surface area (Å²) in [5.41, 5.74) is 3.06. The van der Waals surface area contributed by atoms with Crippen molar-refractivity contribution in [3.63, 3.8) is 0 Å². The standard InChI is InChI=1S/C16H23FN4/c1-4-8-18-16(15-7-6-13(17)11-19-15)10-14-9-12(3)20-21(14)5-2/h6-7,9,11,16,18H,4-5,8,10H2,1-3H3. The highest BCUT2D eigenvalue weighted by molar-refractivity contribution is 5.16. The van der Waals surface area contributed by atoms with Crippen LogP contribution in [-0.4, -0.2) is 21.3 Å². The highest BCUT2D eigenvalue weighted by Gasteiger charge is 2.16. The van der Waals surface area contributed by atoms with Crippen molar-refractivity contribution >= 4 is 0 Å². The van der Waals surface area contributed by atoms with Gasteiger partial charge in [0.2, 0.25) is 0 Å². The molecule has 0 radical (unpaired) electrons. The Kier molecular flexibility index (Phi) is 5.44. The zero-order valence-corrected chi connectivity index (χ0v) is 12.9. The van der Waals surface area contributed by atoms with E-state index in [1.54, 1.807) is 6.07 Å². The lowest BCUT2D eigenvalue weighted by Gasteiger charge is -2.18. The molecule has 0 aliphatic carbocycles. The Morgan fingerprint density at radius 3 is 2.76 bits per heavy atom. The normalized spacial score (nSPS) is 12.6. The molecule has 1 unspecified atom stereocenters. The maximum Gasteiger partial charge on any atom is 0.141 e. The van der Waals surface area contributed by atoms with Crippen molar-refractivity contribution in [2.75, 3.05) is 6.54 Å². The van der Waals surface area contributed by atoms with E-state index in [1.807, 2.05) is 11.6 Å². The summed E-state index contributed by atoms with van der Waals surface area (Å²) >= 11 is 0. The van der Waals surface area contributed by atoms with Crippen LogP contribution in [0.5, 0.6) is 0 Å². The molecule has 2 aromatic rings. The number of hydrogen-bond donors (Lipinski definition) is 1. The average molecular weight is 290 g/mol. The SMILES string of the molecule is CCCNC(Cc1cc(C)nn1CC)c1ccc(F)cn1. The third kappa shape index (κ3) is 4.11. The molecule has 0 saturated heterocycles. The van der Waals surface area contributed by atoms with Gasteiger partial charge in [0.05, 0.1) is 23.6 Å². The number of hydrogen-bond acceptors (Lipinski definition) is 3. The Labute approximate surface area is 125 Å². The van der Waals surface area contributed by atoms with E-state index in [1.165, 1.54) is 18.0 Å². The van der Waals surface area contributed by atoms with Gasteiger partial charge in [-0.25, -0.2) is 4.39 Å². The second-order valence-corrected chi connectivity index (χ2v) is 5.20. The lowest BCUT2D eigenvalue weighted by molar-refractivity contribution is 0.491. The Bertz CT molecular complexity index is 562. The van der Waals surface area contributed by atoms with Crippen molar-refractivity contribution in [2.45, 2.75) is 46.2 Å². The highest BCUT2D eigenvalue weighted by atomic mass is 19.1. The Morgan fingerprint density at radius 2 is 2.14 bits per heavy atom. The molecule has 0 aliphatic rings. The van der Waals surface area contributed by atoms with Crippen LogP contribution in [0.3, 0.4) is 0 Å². The van der Waals surface area contributed by atoms with Crippen LogP contribution in [0.2, 0.25) is 0 Å². The predicted octanol–water partition coefficient (Wildman–Crippen LogP) is 3.03. The van der Waals surface area contributed by atoms with Gasteiger partial charge in [-0.05, 0) is 45.0 Å². The molecule has 0 fully saturated rings. The van der Waals surface area contributed by atoms with Crippen LogP contribution in [-0.2, 0) is 13.0 Å². The van der Waals surface area contributed by atoms with Crippen molar-refractivity contribution in [3.05, 3.63) is 47.3 Å². The van der Waals surface area contributed by atoms with Crippen molar-refractivity contribution in [3.8, 4) is 0 Å². The highest BCUT2D eigenvalue weighted by Crippen LogP contribution is 2.18. The van der Waals surface area contributed by atoms with Gasteiger partial charge in [-0.15, -0.1) is 0 Å². The van der Waals surface area contributed by atoms with Gasteiger partial charge in [-0.2, -0.15) is 5.10 Å². The topological polar surface area (TPSA) is 42.7 Å². The number of halogens is 1. The molecule has 2 aromatic heterocycles. The maximum atomic E-state index is 13.1. The molecule has 0 aliphatic heterocycles. The first-order valence-electron chi connectivity index (χ1n) is 7.52. The first-order valence-corrected chi connectivity index (χ1v) is 7.52. The van der Waals surface area contributed by atoms with E-state index in [0.29, 0.717) is 0 Å². The first-order chi connectivity index (χ1) is 10.1. The van der Waals surface area contributed by atoms with Gasteiger partial charge in [-0.3, -0.25) is 9.67 Å². The summed E-state index contributed by atoms with van der Waals surface area (Å²) in [6, 6.07) is 5.40. The summed E-state index contributed by atoms with van der Waals surface area (Å²) in [7, 11) is 0. The Balaban J connectivity index is 2.21. The fraction of sp³-hybridized carbons (Fsp3) is 0.500. The van der Waals surface area contributed by atoms with E-state index in [2.05, 4.69) is 35.3 Å². The predicted molar refractivity (Wildman–Crippen MR) is 81.6 cm³/mol. The van der Waals surface area contributed by atoms with E-state index >= 15 is 0 Å². The zero-order valence-electron chi connectivity index (χ0n) is 12.9. The molecule has 1 atom stereocenters. The fourth-order valence-electron chi connectivity index (χ4n) is 2.44. The third-order valence-corrected chi connectivity index (χ3v) is 3.45. The van der Waals surface area contributed by atoms with E-state index in [0.717, 1.165) is 37.3 Å². The van der Waals surface area contributed by atoms with Crippen LogP contribution in [0.25, 0.3) is 0 Å². The van der Waals surface area contributed by atoms with Gasteiger partial charge >= 0.3 is 0 Å².